The summed E-state index contributed by atoms with van der Waals surface area (Å²) in [6.07, 6.45) is 2.24. The minimum atomic E-state index is -0.0781. The average molecular weight is 386 g/mol. The Hall–Kier alpha value is -2.51. The van der Waals surface area contributed by atoms with Crippen LogP contribution in [0.5, 0.6) is 11.5 Å². The number of ether oxygens (including phenoxy) is 3. The van der Waals surface area contributed by atoms with E-state index in [2.05, 4.69) is 10.2 Å². The van der Waals surface area contributed by atoms with Gasteiger partial charge in [0.1, 0.15) is 18.1 Å². The standard InChI is InChI=1S/C21H26N2O5/c1-25-13-18-6-5-17(28-18)12-23-8-2-3-15(11-23)10-22-21(24)16-4-7-19-20(9-16)27-14-26-19/h4-7,9,15H,2-3,8,10-14H2,1H3,(H,22,24). The molecule has 1 aromatic carbocycles. The fourth-order valence-electron chi connectivity index (χ4n) is 3.79. The lowest BCUT2D eigenvalue weighted by Crippen LogP contribution is -2.40. The number of nitrogens with zero attached hydrogens (tertiary/aromatic N) is 1. The number of benzene rings is 1. The van der Waals surface area contributed by atoms with E-state index in [-0.39, 0.29) is 12.7 Å². The van der Waals surface area contributed by atoms with Crippen molar-refractivity contribution in [1.29, 1.82) is 0 Å². The van der Waals surface area contributed by atoms with Gasteiger partial charge in [-0.25, -0.2) is 0 Å². The lowest BCUT2D eigenvalue weighted by atomic mass is 9.97. The molecule has 1 N–H and O–H groups in total. The van der Waals surface area contributed by atoms with Gasteiger partial charge in [-0.2, -0.15) is 0 Å². The van der Waals surface area contributed by atoms with Crippen molar-refractivity contribution in [3.05, 3.63) is 47.4 Å². The van der Waals surface area contributed by atoms with Gasteiger partial charge in [-0.3, -0.25) is 9.69 Å². The molecule has 0 saturated carbocycles. The van der Waals surface area contributed by atoms with E-state index >= 15 is 0 Å². The summed E-state index contributed by atoms with van der Waals surface area (Å²) in [5.41, 5.74) is 0.596. The molecule has 0 radical (unpaired) electrons. The number of nitrogens with one attached hydrogen (secondary N) is 1. The highest BCUT2D eigenvalue weighted by Gasteiger charge is 2.22. The van der Waals surface area contributed by atoms with Crippen LogP contribution in [0.3, 0.4) is 0 Å². The molecular formula is C21H26N2O5. The van der Waals surface area contributed by atoms with Gasteiger partial charge in [0, 0.05) is 25.8 Å². The zero-order valence-electron chi connectivity index (χ0n) is 16.1. The van der Waals surface area contributed by atoms with E-state index in [0.717, 1.165) is 44.0 Å². The van der Waals surface area contributed by atoms with Crippen LogP contribution in [-0.2, 0) is 17.9 Å². The first-order valence-electron chi connectivity index (χ1n) is 9.68. The molecule has 1 saturated heterocycles. The van der Waals surface area contributed by atoms with Crippen LogP contribution >= 0.6 is 0 Å². The number of methoxy groups -OCH3 is 1. The second kappa shape index (κ2) is 8.67. The molecule has 0 aliphatic carbocycles. The van der Waals surface area contributed by atoms with Gasteiger partial charge in [0.15, 0.2) is 11.5 Å². The van der Waals surface area contributed by atoms with Gasteiger partial charge in [-0.15, -0.1) is 0 Å². The second-order valence-corrected chi connectivity index (χ2v) is 7.32. The van der Waals surface area contributed by atoms with Crippen molar-refractivity contribution in [3.63, 3.8) is 0 Å². The Balaban J connectivity index is 1.27. The van der Waals surface area contributed by atoms with Crippen molar-refractivity contribution in [2.45, 2.75) is 26.0 Å². The Bertz CT molecular complexity index is 819. The van der Waals surface area contributed by atoms with Crippen LogP contribution in [0, 0.1) is 5.92 Å². The Morgan fingerprint density at radius 3 is 2.96 bits per heavy atom. The summed E-state index contributed by atoms with van der Waals surface area (Å²) < 4.78 is 21.5. The van der Waals surface area contributed by atoms with Gasteiger partial charge in [0.25, 0.3) is 5.91 Å². The van der Waals surface area contributed by atoms with Crippen molar-refractivity contribution in [3.8, 4) is 11.5 Å². The number of carbonyl (C=O) groups is 1. The molecule has 2 aromatic rings. The number of hydrogen-bond donors (Lipinski definition) is 1. The third kappa shape index (κ3) is 4.48. The molecule has 28 heavy (non-hydrogen) atoms. The number of furan rings is 1. The predicted octanol–water partition coefficient (Wildman–Crippen LogP) is 2.80. The van der Waals surface area contributed by atoms with E-state index in [4.69, 9.17) is 18.6 Å². The number of fused-ring (bicyclic) bond motifs is 1. The first-order chi connectivity index (χ1) is 13.7. The minimum Gasteiger partial charge on any atom is -0.462 e. The third-order valence-corrected chi connectivity index (χ3v) is 5.17. The number of likely N-dealkylation sites (tertiary alicyclic amines) is 1. The molecule has 2 aliphatic rings. The highest BCUT2D eigenvalue weighted by atomic mass is 16.7. The summed E-state index contributed by atoms with van der Waals surface area (Å²) in [7, 11) is 1.66. The van der Waals surface area contributed by atoms with Crippen LogP contribution in [0.1, 0.15) is 34.7 Å². The molecule has 1 unspecified atom stereocenters. The molecule has 1 amide bonds. The van der Waals surface area contributed by atoms with Gasteiger partial charge in [0.05, 0.1) is 6.54 Å². The van der Waals surface area contributed by atoms with E-state index in [1.165, 1.54) is 0 Å². The number of rotatable bonds is 7. The quantitative estimate of drug-likeness (QED) is 0.789. The molecule has 7 heteroatoms. The molecule has 1 aromatic heterocycles. The molecular weight excluding hydrogens is 360 g/mol. The second-order valence-electron chi connectivity index (χ2n) is 7.32. The topological polar surface area (TPSA) is 73.2 Å². The van der Waals surface area contributed by atoms with E-state index < -0.39 is 0 Å². The maximum atomic E-state index is 12.5. The first kappa shape index (κ1) is 18.8. The summed E-state index contributed by atoms with van der Waals surface area (Å²) >= 11 is 0. The summed E-state index contributed by atoms with van der Waals surface area (Å²) in [5.74, 6) is 3.47. The zero-order chi connectivity index (χ0) is 19.3. The van der Waals surface area contributed by atoms with E-state index in [9.17, 15) is 4.79 Å². The largest absolute Gasteiger partial charge is 0.462 e. The molecule has 7 nitrogen and oxygen atoms in total. The molecule has 1 fully saturated rings. The van der Waals surface area contributed by atoms with Crippen molar-refractivity contribution in [2.24, 2.45) is 5.92 Å². The number of amides is 1. The van der Waals surface area contributed by atoms with Crippen LogP contribution in [0.15, 0.2) is 34.7 Å². The fraction of sp³-hybridized carbons (Fsp3) is 0.476. The average Bonchev–Trinajstić information content (AvgIpc) is 3.35. The number of hydrogen-bond acceptors (Lipinski definition) is 6. The molecule has 3 heterocycles. The van der Waals surface area contributed by atoms with E-state index in [0.29, 0.717) is 36.1 Å². The maximum absolute atomic E-state index is 12.5. The lowest BCUT2D eigenvalue weighted by Gasteiger charge is -2.32. The van der Waals surface area contributed by atoms with Crippen LogP contribution in [-0.4, -0.2) is 44.3 Å². The maximum Gasteiger partial charge on any atom is 0.251 e. The number of carbonyl (C=O) groups excluding carboxylic acids is 1. The van der Waals surface area contributed by atoms with Crippen molar-refractivity contribution >= 4 is 5.91 Å². The summed E-state index contributed by atoms with van der Waals surface area (Å²) in [5, 5.41) is 3.06. The van der Waals surface area contributed by atoms with Crippen LogP contribution in [0.4, 0.5) is 0 Å². The lowest BCUT2D eigenvalue weighted by molar-refractivity contribution is 0.0927. The van der Waals surface area contributed by atoms with Crippen LogP contribution in [0.25, 0.3) is 0 Å². The van der Waals surface area contributed by atoms with Gasteiger partial charge in [0.2, 0.25) is 6.79 Å². The van der Waals surface area contributed by atoms with Crippen molar-refractivity contribution in [1.82, 2.24) is 10.2 Å². The monoisotopic (exact) mass is 386 g/mol. The number of piperidine rings is 1. The normalized spacial score (nSPS) is 19.0. The Morgan fingerprint density at radius 2 is 2.07 bits per heavy atom. The Morgan fingerprint density at radius 1 is 1.21 bits per heavy atom. The zero-order valence-corrected chi connectivity index (χ0v) is 16.1. The molecule has 150 valence electrons. The highest BCUT2D eigenvalue weighted by molar-refractivity contribution is 5.94. The minimum absolute atomic E-state index is 0.0781. The van der Waals surface area contributed by atoms with Crippen molar-refractivity contribution in [2.75, 3.05) is 33.5 Å². The fourth-order valence-corrected chi connectivity index (χ4v) is 3.79. The molecule has 0 bridgehead atoms. The summed E-state index contributed by atoms with van der Waals surface area (Å²) in [6.45, 7) is 4.15. The molecule has 2 aliphatic heterocycles. The Labute approximate surface area is 164 Å². The van der Waals surface area contributed by atoms with Crippen LogP contribution in [0.2, 0.25) is 0 Å². The van der Waals surface area contributed by atoms with Crippen molar-refractivity contribution < 1.29 is 23.4 Å². The summed E-state index contributed by atoms with van der Waals surface area (Å²) in [6, 6.07) is 9.26. The van der Waals surface area contributed by atoms with Gasteiger partial charge in [-0.05, 0) is 55.6 Å². The molecule has 4 rings (SSSR count). The van der Waals surface area contributed by atoms with Crippen LogP contribution < -0.4 is 14.8 Å². The summed E-state index contributed by atoms with van der Waals surface area (Å²) in [4.78, 5) is 14.9. The van der Waals surface area contributed by atoms with Gasteiger partial charge in [-0.1, -0.05) is 0 Å². The highest BCUT2D eigenvalue weighted by Crippen LogP contribution is 2.32. The molecule has 1 atom stereocenters. The smallest absolute Gasteiger partial charge is 0.251 e. The predicted molar refractivity (Wildman–Crippen MR) is 102 cm³/mol. The van der Waals surface area contributed by atoms with E-state index in [1.807, 2.05) is 12.1 Å². The Kier molecular flexibility index (Phi) is 5.83. The SMILES string of the molecule is COCc1ccc(CN2CCCC(CNC(=O)c3ccc4c(c3)OCO4)C2)o1. The molecule has 0 spiro atoms. The third-order valence-electron chi connectivity index (χ3n) is 5.17. The van der Waals surface area contributed by atoms with E-state index in [1.54, 1.807) is 25.3 Å². The first-order valence-corrected chi connectivity index (χ1v) is 9.68. The van der Waals surface area contributed by atoms with Gasteiger partial charge < -0.3 is 23.9 Å². The van der Waals surface area contributed by atoms with Gasteiger partial charge >= 0.3 is 0 Å².